The smallest absolute Gasteiger partial charge is 0.407 e. The van der Waals surface area contributed by atoms with Crippen molar-refractivity contribution in [3.8, 4) is 33.6 Å². The number of benzene rings is 4. The third kappa shape index (κ3) is 9.11. The van der Waals surface area contributed by atoms with Crippen LogP contribution >= 0.6 is 0 Å². The van der Waals surface area contributed by atoms with E-state index in [1.807, 2.05) is 68.1 Å². The Morgan fingerprint density at radius 2 is 1.25 bits per heavy atom. The van der Waals surface area contributed by atoms with Crippen LogP contribution in [-0.4, -0.2) is 87.0 Å². The van der Waals surface area contributed by atoms with Crippen molar-refractivity contribution in [3.05, 3.63) is 133 Å². The monoisotopic (exact) mass is 862 g/mol. The lowest BCUT2D eigenvalue weighted by Gasteiger charge is -2.31. The summed E-state index contributed by atoms with van der Waals surface area (Å²) < 4.78 is 10.1. The van der Waals surface area contributed by atoms with Crippen molar-refractivity contribution in [2.75, 3.05) is 27.3 Å². The Morgan fingerprint density at radius 3 is 1.89 bits per heavy atom. The van der Waals surface area contributed by atoms with E-state index < -0.39 is 18.2 Å². The first-order valence-electron chi connectivity index (χ1n) is 22.2. The SMILES string of the molecule is C=C(N[C@H](C(=O)N1C[C@H](c2ccccc2)C[C@H]1c1ncc(-c2ccc(-c3ccc4cc(-c5cnc([C@@H]6CCCN6C(=O)[C@@H](NC(=O)OC)C(C)C)[nH]5)ccc4c3)cc2)[nH]1)C(C)C)OC. The van der Waals surface area contributed by atoms with E-state index in [2.05, 4.69) is 100.0 Å². The Morgan fingerprint density at radius 1 is 0.688 bits per heavy atom. The highest BCUT2D eigenvalue weighted by Crippen LogP contribution is 2.41. The number of fused-ring (bicyclic) bond motifs is 1. The number of likely N-dealkylation sites (tertiary alicyclic amines) is 2. The van der Waals surface area contributed by atoms with Crippen LogP contribution < -0.4 is 10.6 Å². The van der Waals surface area contributed by atoms with Gasteiger partial charge < -0.3 is 39.9 Å². The number of ether oxygens (including phenoxy) is 2. The van der Waals surface area contributed by atoms with E-state index in [1.54, 1.807) is 7.11 Å². The molecule has 8 rings (SSSR count). The number of aromatic nitrogens is 4. The predicted molar refractivity (Wildman–Crippen MR) is 249 cm³/mol. The zero-order chi connectivity index (χ0) is 45.1. The molecule has 0 spiro atoms. The summed E-state index contributed by atoms with van der Waals surface area (Å²) in [4.78, 5) is 60.3. The van der Waals surface area contributed by atoms with Gasteiger partial charge in [-0.25, -0.2) is 14.8 Å². The summed E-state index contributed by atoms with van der Waals surface area (Å²) in [7, 11) is 2.84. The molecule has 0 bridgehead atoms. The largest absolute Gasteiger partial charge is 0.483 e. The summed E-state index contributed by atoms with van der Waals surface area (Å²) in [5, 5.41) is 8.12. The Hall–Kier alpha value is -6.89. The number of methoxy groups -OCH3 is 2. The van der Waals surface area contributed by atoms with Crippen molar-refractivity contribution in [2.45, 2.75) is 77.0 Å². The van der Waals surface area contributed by atoms with E-state index in [1.165, 1.54) is 12.7 Å². The number of H-pyrrole nitrogens is 2. The molecule has 6 aromatic rings. The van der Waals surface area contributed by atoms with Gasteiger partial charge in [0.2, 0.25) is 11.8 Å². The van der Waals surface area contributed by atoms with Gasteiger partial charge in [0, 0.05) is 24.6 Å². The van der Waals surface area contributed by atoms with Crippen LogP contribution in [0.4, 0.5) is 4.79 Å². The number of imidazole rings is 2. The van der Waals surface area contributed by atoms with Gasteiger partial charge in [-0.2, -0.15) is 0 Å². The molecule has 13 heteroatoms. The van der Waals surface area contributed by atoms with Crippen molar-refractivity contribution in [1.29, 1.82) is 0 Å². The van der Waals surface area contributed by atoms with Crippen molar-refractivity contribution in [2.24, 2.45) is 11.8 Å². The number of carbonyl (C=O) groups excluding carboxylic acids is 3. The zero-order valence-electron chi connectivity index (χ0n) is 37.4. The molecule has 0 aliphatic carbocycles. The molecule has 2 aliphatic heterocycles. The van der Waals surface area contributed by atoms with Crippen molar-refractivity contribution in [1.82, 2.24) is 40.4 Å². The van der Waals surface area contributed by atoms with Gasteiger partial charge in [-0.15, -0.1) is 0 Å². The van der Waals surface area contributed by atoms with Gasteiger partial charge in [0.05, 0.1) is 50.1 Å². The van der Waals surface area contributed by atoms with Gasteiger partial charge in [0.25, 0.3) is 0 Å². The third-order valence-corrected chi connectivity index (χ3v) is 12.8. The quantitative estimate of drug-likeness (QED) is 0.0790. The van der Waals surface area contributed by atoms with Crippen LogP contribution in [0.15, 0.2) is 116 Å². The van der Waals surface area contributed by atoms with Gasteiger partial charge in [-0.1, -0.05) is 107 Å². The van der Waals surface area contributed by atoms with E-state index in [9.17, 15) is 14.4 Å². The summed E-state index contributed by atoms with van der Waals surface area (Å²) in [6, 6.07) is 30.1. The fraction of sp³-hybridized carbons (Fsp3) is 0.353. The number of carbonyl (C=O) groups is 3. The second-order valence-corrected chi connectivity index (χ2v) is 17.6. The number of aromatic amines is 2. The van der Waals surface area contributed by atoms with Gasteiger partial charge in [0.15, 0.2) is 5.88 Å². The van der Waals surface area contributed by atoms with Crippen LogP contribution in [0.2, 0.25) is 0 Å². The maximum Gasteiger partial charge on any atom is 0.407 e. The van der Waals surface area contributed by atoms with Crippen molar-refractivity contribution in [3.63, 3.8) is 0 Å². The molecule has 0 radical (unpaired) electrons. The first-order valence-corrected chi connectivity index (χ1v) is 22.2. The molecular weight excluding hydrogens is 805 g/mol. The zero-order valence-corrected chi connectivity index (χ0v) is 37.4. The number of hydrogen-bond donors (Lipinski definition) is 4. The molecule has 13 nitrogen and oxygen atoms in total. The fourth-order valence-corrected chi connectivity index (χ4v) is 9.16. The number of hydrogen-bond acceptors (Lipinski definition) is 8. The molecule has 2 aromatic heterocycles. The maximum absolute atomic E-state index is 14.2. The van der Waals surface area contributed by atoms with E-state index >= 15 is 0 Å². The highest BCUT2D eigenvalue weighted by Gasteiger charge is 2.42. The number of amides is 3. The lowest BCUT2D eigenvalue weighted by Crippen LogP contribution is -2.51. The number of nitrogens with one attached hydrogen (secondary N) is 4. The molecule has 3 amide bonds. The Labute approximate surface area is 374 Å². The Kier molecular flexibility index (Phi) is 12.9. The molecule has 2 aliphatic rings. The standard InChI is InChI=1S/C51H58N8O5/c1-30(2)45(54-32(5)63-6)50(61)59-29-40(33-12-9-8-10-13-33)26-44(59)48-53-27-41(55-48)35-17-15-34(16-18-35)36-19-20-38-25-39(22-21-37(38)24-36)42-28-52-47(56-42)43-14-11-23-58(43)49(60)46(31(3)4)57-51(62)64-7/h8-10,12-13,15-22,24-25,27-28,30-31,40,43-46,54H,5,11,14,23,26,29H2,1-4,6-7H3,(H,52,56)(H,53,55)(H,57,62)/t40-,43+,44+,45+,46+/m1/s1. The van der Waals surface area contributed by atoms with Gasteiger partial charge in [-0.05, 0) is 82.8 Å². The predicted octanol–water partition coefficient (Wildman–Crippen LogP) is 9.12. The molecule has 5 atom stereocenters. The van der Waals surface area contributed by atoms with Crippen LogP contribution in [0.3, 0.4) is 0 Å². The van der Waals surface area contributed by atoms with Crippen LogP contribution in [0, 0.1) is 11.8 Å². The number of rotatable bonds is 14. The lowest BCUT2D eigenvalue weighted by atomic mass is 9.96. The van der Waals surface area contributed by atoms with Crippen LogP contribution in [-0.2, 0) is 19.1 Å². The molecule has 4 heterocycles. The van der Waals surface area contributed by atoms with E-state index in [0.29, 0.717) is 19.0 Å². The Balaban J connectivity index is 0.968. The first-order chi connectivity index (χ1) is 30.9. The Bertz CT molecular complexity index is 2620. The minimum atomic E-state index is -0.688. The summed E-state index contributed by atoms with van der Waals surface area (Å²) in [6.07, 6.45) is 5.46. The second kappa shape index (κ2) is 18.8. The summed E-state index contributed by atoms with van der Waals surface area (Å²) in [5.74, 6) is 1.79. The normalized spacial score (nSPS) is 18.3. The van der Waals surface area contributed by atoms with Crippen LogP contribution in [0.1, 0.15) is 82.2 Å². The first kappa shape index (κ1) is 43.7. The highest BCUT2D eigenvalue weighted by atomic mass is 16.5. The summed E-state index contributed by atoms with van der Waals surface area (Å²) >= 11 is 0. The van der Waals surface area contributed by atoms with Crippen molar-refractivity contribution < 1.29 is 23.9 Å². The lowest BCUT2D eigenvalue weighted by molar-refractivity contribution is -0.136. The maximum atomic E-state index is 14.2. The van der Waals surface area contributed by atoms with E-state index in [0.717, 1.165) is 75.3 Å². The molecule has 332 valence electrons. The minimum absolute atomic E-state index is 0.00478. The molecular formula is C51H58N8O5. The second-order valence-electron chi connectivity index (χ2n) is 17.6. The van der Waals surface area contributed by atoms with E-state index in [-0.39, 0.29) is 41.7 Å². The fourth-order valence-electron chi connectivity index (χ4n) is 9.16. The third-order valence-electron chi connectivity index (χ3n) is 12.8. The molecule has 0 unspecified atom stereocenters. The van der Waals surface area contributed by atoms with Gasteiger partial charge in [0.1, 0.15) is 23.7 Å². The van der Waals surface area contributed by atoms with Crippen molar-refractivity contribution >= 4 is 28.7 Å². The molecule has 64 heavy (non-hydrogen) atoms. The van der Waals surface area contributed by atoms with Crippen LogP contribution in [0.5, 0.6) is 0 Å². The molecule has 2 fully saturated rings. The summed E-state index contributed by atoms with van der Waals surface area (Å²) in [6.45, 7) is 13.0. The molecule has 2 saturated heterocycles. The molecule has 4 N–H and O–H groups in total. The number of alkyl carbamates (subject to hydrolysis) is 1. The van der Waals surface area contributed by atoms with Gasteiger partial charge in [-0.3, -0.25) is 9.59 Å². The summed E-state index contributed by atoms with van der Waals surface area (Å²) in [5.41, 5.74) is 7.16. The average molecular weight is 863 g/mol. The molecule has 4 aromatic carbocycles. The van der Waals surface area contributed by atoms with Gasteiger partial charge >= 0.3 is 6.09 Å². The number of nitrogens with zero attached hydrogens (tertiary/aromatic N) is 4. The highest BCUT2D eigenvalue weighted by molar-refractivity contribution is 5.91. The molecule has 0 saturated carbocycles. The van der Waals surface area contributed by atoms with Crippen LogP contribution in [0.25, 0.3) is 44.4 Å². The minimum Gasteiger partial charge on any atom is -0.483 e. The average Bonchev–Trinajstić information content (AvgIpc) is 4.16. The van der Waals surface area contributed by atoms with E-state index in [4.69, 9.17) is 19.4 Å². The topological polar surface area (TPSA) is 158 Å².